The van der Waals surface area contributed by atoms with Gasteiger partial charge in [0.25, 0.3) is 5.91 Å². The van der Waals surface area contributed by atoms with Crippen molar-refractivity contribution in [2.24, 2.45) is 0 Å². The van der Waals surface area contributed by atoms with Crippen molar-refractivity contribution in [1.29, 1.82) is 0 Å². The van der Waals surface area contributed by atoms with Gasteiger partial charge >= 0.3 is 5.97 Å². The normalized spacial score (nSPS) is 12.4. The summed E-state index contributed by atoms with van der Waals surface area (Å²) in [6, 6.07) is 15.6. The number of amides is 2. The standard InChI is InChI=1S/C33H34F2N4O4S/c1-22(40)39(31(20-38-15-14-36-21-38)25-7-11-28(35)12-8-25)19-24-3-6-26(17-23-4-9-27(34)10-5-23)29(18-24)32(41)37-30(33(42)43)13-16-44-2/h3-12,14-15,18,21,30-31H,13,16-17,19-20H2,1-2H3,(H,37,41)(H,42,43)/t30-,31?/m0/s1. The molecule has 0 aliphatic rings. The highest BCUT2D eigenvalue weighted by molar-refractivity contribution is 7.98. The number of aliphatic carboxylic acids is 1. The second-order valence-electron chi connectivity index (χ2n) is 10.4. The van der Waals surface area contributed by atoms with Crippen molar-refractivity contribution in [2.75, 3.05) is 12.0 Å². The number of nitrogens with one attached hydrogen (secondary N) is 1. The van der Waals surface area contributed by atoms with E-state index in [-0.39, 0.29) is 30.3 Å². The average Bonchev–Trinajstić information content (AvgIpc) is 3.52. The van der Waals surface area contributed by atoms with Crippen molar-refractivity contribution in [3.63, 3.8) is 0 Å². The van der Waals surface area contributed by atoms with Crippen molar-refractivity contribution >= 4 is 29.5 Å². The maximum absolute atomic E-state index is 13.8. The molecule has 1 unspecified atom stereocenters. The quantitative estimate of drug-likeness (QED) is 0.194. The Hall–Kier alpha value is -4.51. The number of halogens is 2. The van der Waals surface area contributed by atoms with Gasteiger partial charge in [-0.3, -0.25) is 9.59 Å². The summed E-state index contributed by atoms with van der Waals surface area (Å²) in [5.74, 6) is -2.14. The monoisotopic (exact) mass is 620 g/mol. The molecule has 11 heteroatoms. The molecular weight excluding hydrogens is 586 g/mol. The van der Waals surface area contributed by atoms with Crippen LogP contribution in [0.25, 0.3) is 0 Å². The average molecular weight is 621 g/mol. The van der Waals surface area contributed by atoms with Crippen molar-refractivity contribution in [3.8, 4) is 0 Å². The topological polar surface area (TPSA) is 105 Å². The Morgan fingerprint density at radius 3 is 2.25 bits per heavy atom. The lowest BCUT2D eigenvalue weighted by Gasteiger charge is -2.32. The lowest BCUT2D eigenvalue weighted by atomic mass is 9.96. The van der Waals surface area contributed by atoms with E-state index in [0.717, 1.165) is 11.1 Å². The van der Waals surface area contributed by atoms with E-state index in [9.17, 15) is 28.3 Å². The molecule has 2 N–H and O–H groups in total. The first-order valence-corrected chi connectivity index (χ1v) is 15.4. The van der Waals surface area contributed by atoms with Gasteiger partial charge in [-0.05, 0) is 77.4 Å². The summed E-state index contributed by atoms with van der Waals surface area (Å²) in [6.45, 7) is 1.93. The maximum Gasteiger partial charge on any atom is 0.326 e. The van der Waals surface area contributed by atoms with Gasteiger partial charge in [-0.2, -0.15) is 11.8 Å². The van der Waals surface area contributed by atoms with Crippen LogP contribution < -0.4 is 5.32 Å². The fraction of sp³-hybridized carbons (Fsp3) is 0.273. The van der Waals surface area contributed by atoms with Gasteiger partial charge in [0.1, 0.15) is 17.7 Å². The number of hydrogen-bond donors (Lipinski definition) is 2. The molecular formula is C33H34F2N4O4S. The van der Waals surface area contributed by atoms with Crippen LogP contribution >= 0.6 is 11.8 Å². The summed E-state index contributed by atoms with van der Waals surface area (Å²) < 4.78 is 29.2. The molecule has 0 fully saturated rings. The minimum atomic E-state index is -1.13. The first-order valence-electron chi connectivity index (χ1n) is 14.0. The Balaban J connectivity index is 1.70. The predicted molar refractivity (Wildman–Crippen MR) is 165 cm³/mol. The highest BCUT2D eigenvalue weighted by Gasteiger charge is 2.26. The summed E-state index contributed by atoms with van der Waals surface area (Å²) in [7, 11) is 0. The lowest BCUT2D eigenvalue weighted by Crippen LogP contribution is -2.41. The van der Waals surface area contributed by atoms with Crippen LogP contribution in [0, 0.1) is 11.6 Å². The Bertz CT molecular complexity index is 1560. The zero-order valence-corrected chi connectivity index (χ0v) is 25.3. The second-order valence-corrected chi connectivity index (χ2v) is 11.4. The van der Waals surface area contributed by atoms with Crippen molar-refractivity contribution in [3.05, 3.63) is 125 Å². The number of benzene rings is 3. The predicted octanol–water partition coefficient (Wildman–Crippen LogP) is 5.48. The SMILES string of the molecule is CSCC[C@H](NC(=O)c1cc(CN(C(C)=O)C(Cn2ccnc2)c2ccc(F)cc2)ccc1Cc1ccc(F)cc1)C(=O)O. The zero-order valence-electron chi connectivity index (χ0n) is 24.5. The largest absolute Gasteiger partial charge is 0.480 e. The van der Waals surface area contributed by atoms with Crippen LogP contribution in [0.15, 0.2) is 85.5 Å². The van der Waals surface area contributed by atoms with Gasteiger partial charge < -0.3 is 19.9 Å². The van der Waals surface area contributed by atoms with Crippen LogP contribution in [0.1, 0.15) is 52.0 Å². The molecule has 0 aliphatic carbocycles. The summed E-state index contributed by atoms with van der Waals surface area (Å²) in [5.41, 5.74) is 3.02. The van der Waals surface area contributed by atoms with E-state index in [0.29, 0.717) is 29.8 Å². The Kier molecular flexibility index (Phi) is 11.3. The fourth-order valence-corrected chi connectivity index (χ4v) is 5.41. The first kappa shape index (κ1) is 32.4. The number of imidazole rings is 1. The molecule has 2 atom stereocenters. The number of nitrogens with zero attached hydrogens (tertiary/aromatic N) is 3. The third kappa shape index (κ3) is 8.76. The molecule has 0 saturated carbocycles. The summed E-state index contributed by atoms with van der Waals surface area (Å²) in [6.07, 6.45) is 7.46. The highest BCUT2D eigenvalue weighted by Crippen LogP contribution is 2.27. The number of carbonyl (C=O) groups is 3. The van der Waals surface area contributed by atoms with E-state index in [2.05, 4.69) is 10.3 Å². The molecule has 0 spiro atoms. The molecule has 44 heavy (non-hydrogen) atoms. The van der Waals surface area contributed by atoms with Gasteiger partial charge in [0.15, 0.2) is 0 Å². The van der Waals surface area contributed by atoms with Gasteiger partial charge in [0.2, 0.25) is 5.91 Å². The van der Waals surface area contributed by atoms with Crippen LogP contribution in [0.4, 0.5) is 8.78 Å². The number of thioether (sulfide) groups is 1. The zero-order chi connectivity index (χ0) is 31.6. The molecule has 4 aromatic rings. The third-order valence-electron chi connectivity index (χ3n) is 7.27. The fourth-order valence-electron chi connectivity index (χ4n) is 4.94. The minimum absolute atomic E-state index is 0.123. The lowest BCUT2D eigenvalue weighted by molar-refractivity contribution is -0.139. The maximum atomic E-state index is 13.8. The number of carboxylic acid groups (broad SMARTS) is 1. The molecule has 230 valence electrons. The number of rotatable bonds is 14. The number of hydrogen-bond acceptors (Lipinski definition) is 5. The van der Waals surface area contributed by atoms with Crippen molar-refractivity contribution in [2.45, 2.75) is 44.9 Å². The number of carboxylic acids is 1. The molecule has 0 radical (unpaired) electrons. The van der Waals surface area contributed by atoms with E-state index in [4.69, 9.17) is 0 Å². The Morgan fingerprint density at radius 1 is 1.00 bits per heavy atom. The van der Waals surface area contributed by atoms with E-state index < -0.39 is 29.8 Å². The molecule has 0 bridgehead atoms. The van der Waals surface area contributed by atoms with Crippen LogP contribution in [-0.4, -0.2) is 55.4 Å². The smallest absolute Gasteiger partial charge is 0.326 e. The van der Waals surface area contributed by atoms with Crippen LogP contribution in [0.3, 0.4) is 0 Å². The Morgan fingerprint density at radius 2 is 1.66 bits per heavy atom. The molecule has 0 aliphatic heterocycles. The van der Waals surface area contributed by atoms with Gasteiger partial charge in [-0.15, -0.1) is 0 Å². The van der Waals surface area contributed by atoms with Gasteiger partial charge in [-0.25, -0.2) is 18.6 Å². The van der Waals surface area contributed by atoms with Crippen molar-refractivity contribution < 1.29 is 28.3 Å². The van der Waals surface area contributed by atoms with E-state index in [1.807, 2.05) is 16.9 Å². The Labute approximate surface area is 259 Å². The van der Waals surface area contributed by atoms with Gasteiger partial charge in [0.05, 0.1) is 12.4 Å². The summed E-state index contributed by atoms with van der Waals surface area (Å²) in [5, 5.41) is 12.4. The van der Waals surface area contributed by atoms with Crippen LogP contribution in [0.5, 0.6) is 0 Å². The second kappa shape index (κ2) is 15.3. The molecule has 0 saturated heterocycles. The van der Waals surface area contributed by atoms with Crippen molar-refractivity contribution in [1.82, 2.24) is 19.8 Å². The molecule has 2 amide bonds. The van der Waals surface area contributed by atoms with Crippen LogP contribution in [0.2, 0.25) is 0 Å². The number of aromatic nitrogens is 2. The van der Waals surface area contributed by atoms with E-state index >= 15 is 0 Å². The molecule has 1 heterocycles. The van der Waals surface area contributed by atoms with Gasteiger partial charge in [0, 0.05) is 38.0 Å². The molecule has 1 aromatic heterocycles. The summed E-state index contributed by atoms with van der Waals surface area (Å²) >= 11 is 1.48. The van der Waals surface area contributed by atoms with E-state index in [1.54, 1.807) is 60.0 Å². The summed E-state index contributed by atoms with van der Waals surface area (Å²) in [4.78, 5) is 44.3. The molecule has 8 nitrogen and oxygen atoms in total. The molecule has 4 rings (SSSR count). The van der Waals surface area contributed by atoms with E-state index in [1.165, 1.54) is 43.0 Å². The third-order valence-corrected chi connectivity index (χ3v) is 7.92. The van der Waals surface area contributed by atoms with Crippen LogP contribution in [-0.2, 0) is 29.1 Å². The highest BCUT2D eigenvalue weighted by atomic mass is 32.2. The first-order chi connectivity index (χ1) is 21.1. The molecule has 3 aromatic carbocycles. The number of carbonyl (C=O) groups excluding carboxylic acids is 2. The minimum Gasteiger partial charge on any atom is -0.480 e. The van der Waals surface area contributed by atoms with Gasteiger partial charge in [-0.1, -0.05) is 36.4 Å².